The average molecular weight is 721 g/mol. The first-order valence-corrected chi connectivity index (χ1v) is 23.7. The second kappa shape index (κ2) is 12.8. The van der Waals surface area contributed by atoms with Crippen molar-refractivity contribution in [3.63, 3.8) is 0 Å². The first kappa shape index (κ1) is 32.5. The molecule has 0 saturated heterocycles. The van der Waals surface area contributed by atoms with Crippen molar-refractivity contribution >= 4 is 26.5 Å². The summed E-state index contributed by atoms with van der Waals surface area (Å²) in [6, 6.07) is 32.8. The molecule has 0 atom stereocenters. The Hall–Kier alpha value is -2.92. The van der Waals surface area contributed by atoms with Crippen LogP contribution in [0.15, 0.2) is 110 Å². The highest BCUT2D eigenvalue weighted by atomic mass is 31.1. The largest absolute Gasteiger partial charge is 0.367 e. The van der Waals surface area contributed by atoms with Gasteiger partial charge in [-0.3, -0.25) is 0 Å². The summed E-state index contributed by atoms with van der Waals surface area (Å²) in [5, 5.41) is 4.14. The number of hydrogen-bond donors (Lipinski definition) is 2. The Bertz CT molecular complexity index is 1860. The number of aromatic nitrogens is 2. The monoisotopic (exact) mass is 720 g/mol. The molecule has 8 aliphatic rings. The Morgan fingerprint density at radius 3 is 1.23 bits per heavy atom. The predicted molar refractivity (Wildman–Crippen MR) is 221 cm³/mol. The van der Waals surface area contributed by atoms with Crippen molar-refractivity contribution in [3.8, 4) is 22.3 Å². The lowest BCUT2D eigenvalue weighted by atomic mass is 9.55. The van der Waals surface area contributed by atoms with Crippen LogP contribution < -0.4 is 10.6 Å². The SMILES string of the molecule is c1ccc(-c2cc(CP(c3cc[nH]c3)c3cc[nH]c3)c(CP(C34CC5CC(CC(C5)C3)C4)C34CC5CC(CC(C5)C3)C4)cc2-c2ccccc2)cc1. The molecule has 8 aliphatic carbocycles. The summed E-state index contributed by atoms with van der Waals surface area (Å²) in [7, 11) is -0.715. The van der Waals surface area contributed by atoms with Gasteiger partial charge in [0.25, 0.3) is 0 Å². The van der Waals surface area contributed by atoms with E-state index in [4.69, 9.17) is 0 Å². The van der Waals surface area contributed by atoms with E-state index in [-0.39, 0.29) is 7.92 Å². The van der Waals surface area contributed by atoms with Gasteiger partial charge < -0.3 is 9.97 Å². The summed E-state index contributed by atoms with van der Waals surface area (Å²) in [6.07, 6.45) is 29.9. The van der Waals surface area contributed by atoms with Crippen molar-refractivity contribution in [2.45, 2.75) is 99.7 Å². The van der Waals surface area contributed by atoms with Crippen molar-refractivity contribution < 1.29 is 0 Å². The van der Waals surface area contributed by atoms with E-state index in [0.29, 0.717) is 10.3 Å². The fourth-order valence-electron chi connectivity index (χ4n) is 14.0. The van der Waals surface area contributed by atoms with Crippen LogP contribution in [0.25, 0.3) is 22.3 Å². The zero-order chi connectivity index (χ0) is 34.3. The topological polar surface area (TPSA) is 31.6 Å². The molecule has 0 unspecified atom stereocenters. The summed E-state index contributed by atoms with van der Waals surface area (Å²) >= 11 is 0. The van der Waals surface area contributed by atoms with E-state index in [1.54, 1.807) is 88.2 Å². The van der Waals surface area contributed by atoms with Gasteiger partial charge in [-0.1, -0.05) is 68.6 Å². The number of aromatic amines is 2. The van der Waals surface area contributed by atoms with Crippen molar-refractivity contribution in [3.05, 3.63) is 121 Å². The molecular weight excluding hydrogens is 666 g/mol. The van der Waals surface area contributed by atoms with Crippen molar-refractivity contribution in [2.75, 3.05) is 0 Å². The second-order valence-electron chi connectivity index (χ2n) is 18.5. The fraction of sp³-hybridized carbons (Fsp3) is 0.458. The van der Waals surface area contributed by atoms with Crippen LogP contribution in [0.1, 0.15) is 88.2 Å². The fourth-order valence-corrected chi connectivity index (χ4v) is 21.4. The molecule has 13 rings (SSSR count). The van der Waals surface area contributed by atoms with Gasteiger partial charge in [0.15, 0.2) is 0 Å². The summed E-state index contributed by atoms with van der Waals surface area (Å²) in [4.78, 5) is 6.86. The Balaban J connectivity index is 1.10. The van der Waals surface area contributed by atoms with E-state index in [2.05, 4.69) is 120 Å². The molecule has 266 valence electrons. The molecule has 0 spiro atoms. The quantitative estimate of drug-likeness (QED) is 0.135. The number of hydrogen-bond acceptors (Lipinski definition) is 0. The number of H-pyrrole nitrogens is 2. The van der Waals surface area contributed by atoms with Crippen LogP contribution in [-0.2, 0) is 12.3 Å². The van der Waals surface area contributed by atoms with Crippen molar-refractivity contribution in [2.24, 2.45) is 35.5 Å². The molecule has 2 heterocycles. The van der Waals surface area contributed by atoms with Crippen molar-refractivity contribution in [1.82, 2.24) is 9.97 Å². The molecule has 0 amide bonds. The van der Waals surface area contributed by atoms with E-state index in [0.717, 1.165) is 41.7 Å². The lowest BCUT2D eigenvalue weighted by molar-refractivity contribution is 0.0184. The van der Waals surface area contributed by atoms with Crippen LogP contribution in [0.2, 0.25) is 0 Å². The molecule has 2 aromatic heterocycles. The summed E-state index contributed by atoms with van der Waals surface area (Å²) < 4.78 is 0. The lowest BCUT2D eigenvalue weighted by Gasteiger charge is -2.67. The number of rotatable bonds is 10. The molecule has 8 bridgehead atoms. The highest BCUT2D eigenvalue weighted by molar-refractivity contribution is 7.72. The third kappa shape index (κ3) is 5.64. The normalized spacial score (nSPS) is 33.2. The predicted octanol–water partition coefficient (Wildman–Crippen LogP) is 12.2. The van der Waals surface area contributed by atoms with Gasteiger partial charge in [-0.25, -0.2) is 0 Å². The minimum absolute atomic E-state index is 0.167. The molecule has 8 fully saturated rings. The molecule has 0 aliphatic heterocycles. The van der Waals surface area contributed by atoms with Gasteiger partial charge in [0.05, 0.1) is 0 Å². The third-order valence-electron chi connectivity index (χ3n) is 15.1. The van der Waals surface area contributed by atoms with Gasteiger partial charge in [0.2, 0.25) is 0 Å². The van der Waals surface area contributed by atoms with Crippen LogP contribution >= 0.6 is 15.8 Å². The van der Waals surface area contributed by atoms with E-state index in [1.807, 2.05) is 0 Å². The zero-order valence-corrected chi connectivity index (χ0v) is 32.4. The van der Waals surface area contributed by atoms with E-state index in [9.17, 15) is 0 Å². The third-order valence-corrected chi connectivity index (χ3v) is 21.6. The Morgan fingerprint density at radius 1 is 0.481 bits per heavy atom. The van der Waals surface area contributed by atoms with Gasteiger partial charge in [0.1, 0.15) is 0 Å². The molecule has 8 saturated carbocycles. The highest BCUT2D eigenvalue weighted by Crippen LogP contribution is 2.79. The van der Waals surface area contributed by atoms with Gasteiger partial charge in [-0.05, 0) is 205 Å². The Labute approximate surface area is 313 Å². The average Bonchev–Trinajstić information content (AvgIpc) is 3.89. The molecular formula is C48H54N2P2. The summed E-state index contributed by atoms with van der Waals surface area (Å²) in [5.74, 6) is 6.08. The van der Waals surface area contributed by atoms with Gasteiger partial charge in [0, 0.05) is 30.9 Å². The molecule has 4 heteroatoms. The minimum atomic E-state index is -0.549. The molecule has 5 aromatic rings. The Kier molecular flexibility index (Phi) is 8.03. The molecule has 52 heavy (non-hydrogen) atoms. The van der Waals surface area contributed by atoms with E-state index >= 15 is 0 Å². The molecule has 3 aromatic carbocycles. The summed E-state index contributed by atoms with van der Waals surface area (Å²) in [5.41, 5.74) is 8.86. The maximum absolute atomic E-state index is 3.43. The first-order valence-electron chi connectivity index (χ1n) is 20.7. The van der Waals surface area contributed by atoms with Gasteiger partial charge >= 0.3 is 0 Å². The number of nitrogens with one attached hydrogen (secondary N) is 2. The standard InChI is InChI=1S/C48H54N2P2/c1-3-7-39(8-4-1)45-21-41(31-51(43-11-13-49-29-43)44-12-14-50-30-44)42(22-46(45)40-9-5-2-6-10-40)32-52(47-23-33-15-34(24-47)17-35(16-33)25-47)48-26-36-18-37(27-48)20-38(19-36)28-48/h1-14,21-22,29-30,33-38,49-50H,15-20,23-28,31-32H2. The number of benzene rings is 3. The smallest absolute Gasteiger partial charge is 0.00860 e. The van der Waals surface area contributed by atoms with Crippen LogP contribution in [0.5, 0.6) is 0 Å². The van der Waals surface area contributed by atoms with Crippen LogP contribution in [0.4, 0.5) is 0 Å². The second-order valence-corrected chi connectivity index (χ2v) is 23.8. The van der Waals surface area contributed by atoms with E-state index < -0.39 is 7.92 Å². The molecule has 0 radical (unpaired) electrons. The van der Waals surface area contributed by atoms with Crippen LogP contribution in [0, 0.1) is 35.5 Å². The maximum Gasteiger partial charge on any atom is 0.00860 e. The van der Waals surface area contributed by atoms with E-state index in [1.165, 1.54) is 39.0 Å². The van der Waals surface area contributed by atoms with Crippen LogP contribution in [0.3, 0.4) is 0 Å². The zero-order valence-electron chi connectivity index (χ0n) is 30.7. The summed E-state index contributed by atoms with van der Waals surface area (Å²) in [6.45, 7) is 0. The lowest BCUT2D eigenvalue weighted by Crippen LogP contribution is -2.56. The van der Waals surface area contributed by atoms with Crippen molar-refractivity contribution in [1.29, 1.82) is 0 Å². The Morgan fingerprint density at radius 2 is 0.865 bits per heavy atom. The van der Waals surface area contributed by atoms with Crippen LogP contribution in [-0.4, -0.2) is 20.3 Å². The van der Waals surface area contributed by atoms with Gasteiger partial charge in [-0.15, -0.1) is 0 Å². The highest BCUT2D eigenvalue weighted by Gasteiger charge is 2.62. The molecule has 2 nitrogen and oxygen atoms in total. The molecule has 2 N–H and O–H groups in total. The maximum atomic E-state index is 3.43. The van der Waals surface area contributed by atoms with Gasteiger partial charge in [-0.2, -0.15) is 0 Å². The first-order chi connectivity index (χ1) is 25.6. The minimum Gasteiger partial charge on any atom is -0.367 e.